The van der Waals surface area contributed by atoms with Crippen LogP contribution in [0.3, 0.4) is 0 Å². The van der Waals surface area contributed by atoms with Crippen molar-refractivity contribution in [3.63, 3.8) is 0 Å². The quantitative estimate of drug-likeness (QED) is 0.292. The number of fused-ring (bicyclic) bond motifs is 2. The summed E-state index contributed by atoms with van der Waals surface area (Å²) >= 11 is 1.54. The maximum absolute atomic E-state index is 12.6. The monoisotopic (exact) mass is 541 g/mol. The van der Waals surface area contributed by atoms with Crippen LogP contribution in [0.25, 0.3) is 0 Å². The zero-order valence-corrected chi connectivity index (χ0v) is 24.2. The Kier molecular flexibility index (Phi) is 14.0. The molecule has 1 aliphatic heterocycles. The molecule has 8 heteroatoms. The molecule has 0 saturated carbocycles. The number of cyclic esters (lactones) is 2. The summed E-state index contributed by atoms with van der Waals surface area (Å²) in [6.45, 7) is 11.7. The number of ether oxygens (including phenoxy) is 2. The number of nitrogens with zero attached hydrogens (tertiary/aromatic N) is 1. The van der Waals surface area contributed by atoms with Gasteiger partial charge in [-0.25, -0.2) is 9.78 Å². The summed E-state index contributed by atoms with van der Waals surface area (Å²) in [4.78, 5) is 29.6. The molecule has 0 radical (unpaired) electrons. The van der Waals surface area contributed by atoms with Gasteiger partial charge in [-0.2, -0.15) is 0 Å². The summed E-state index contributed by atoms with van der Waals surface area (Å²) in [5, 5.41) is 6.16. The number of allylic oxidation sites excluding steroid dienone is 6. The number of hydrogen-bond acceptors (Lipinski definition) is 8. The Hall–Kier alpha value is -2.81. The molecule has 2 bridgehead atoms. The number of carbonyl (C=O) groups is 2. The first-order valence-electron chi connectivity index (χ1n) is 13.3. The van der Waals surface area contributed by atoms with Crippen molar-refractivity contribution < 1.29 is 19.1 Å². The van der Waals surface area contributed by atoms with Gasteiger partial charge in [0.15, 0.2) is 0 Å². The Morgan fingerprint density at radius 1 is 1.18 bits per heavy atom. The predicted molar refractivity (Wildman–Crippen MR) is 155 cm³/mol. The van der Waals surface area contributed by atoms with Gasteiger partial charge in [0, 0.05) is 36.9 Å². The average molecular weight is 542 g/mol. The average Bonchev–Trinajstić information content (AvgIpc) is 3.28. The number of nitrogens with one attached hydrogen (secondary N) is 1. The second-order valence-corrected chi connectivity index (χ2v) is 10.7. The molecule has 0 saturated heterocycles. The largest absolute Gasteiger partial charge is 0.462 e. The lowest BCUT2D eigenvalue weighted by molar-refractivity contribution is -0.148. The van der Waals surface area contributed by atoms with Crippen molar-refractivity contribution in [3.05, 3.63) is 75.3 Å². The van der Waals surface area contributed by atoms with Gasteiger partial charge in [0.1, 0.15) is 12.2 Å². The van der Waals surface area contributed by atoms with Crippen molar-refractivity contribution >= 4 is 23.3 Å². The van der Waals surface area contributed by atoms with Crippen LogP contribution in [0.4, 0.5) is 0 Å². The Bertz CT molecular complexity index is 1070. The second-order valence-electron chi connectivity index (χ2n) is 9.79. The molecule has 2 heterocycles. The number of aromatic nitrogens is 1. The second kappa shape index (κ2) is 16.9. The molecule has 0 aliphatic carbocycles. The zero-order chi connectivity index (χ0) is 27.9. The molecule has 3 unspecified atom stereocenters. The maximum Gasteiger partial charge on any atom is 0.331 e. The van der Waals surface area contributed by atoms with Crippen LogP contribution in [-0.2, 0) is 31.9 Å². The Morgan fingerprint density at radius 2 is 1.95 bits per heavy atom. The fourth-order valence-electron chi connectivity index (χ4n) is 3.89. The van der Waals surface area contributed by atoms with Gasteiger partial charge >= 0.3 is 11.9 Å². The highest BCUT2D eigenvalue weighted by molar-refractivity contribution is 7.09. The first-order chi connectivity index (χ1) is 18.1. The van der Waals surface area contributed by atoms with Crippen LogP contribution in [0.5, 0.6) is 0 Å². The van der Waals surface area contributed by atoms with E-state index in [1.807, 2.05) is 44.4 Å². The third kappa shape index (κ3) is 13.1. The molecule has 0 fully saturated rings. The normalized spacial score (nSPS) is 25.5. The van der Waals surface area contributed by atoms with E-state index in [1.165, 1.54) is 17.4 Å². The van der Waals surface area contributed by atoms with Gasteiger partial charge < -0.3 is 20.5 Å². The predicted octanol–water partition coefficient (Wildman–Crippen LogP) is 5.14. The third-order valence-corrected chi connectivity index (χ3v) is 6.79. The molecule has 1 aliphatic rings. The summed E-state index contributed by atoms with van der Waals surface area (Å²) < 4.78 is 11.3. The number of likely N-dealkylation sites (N-methyl/N-ethyl adjacent to an activating group) is 1. The fourth-order valence-corrected chi connectivity index (χ4v) is 4.76. The Labute approximate surface area is 231 Å². The van der Waals surface area contributed by atoms with Gasteiger partial charge in [-0.05, 0) is 53.2 Å². The zero-order valence-electron chi connectivity index (χ0n) is 23.4. The molecule has 0 aromatic carbocycles. The van der Waals surface area contributed by atoms with Gasteiger partial charge in [-0.3, -0.25) is 4.79 Å². The molecule has 38 heavy (non-hydrogen) atoms. The van der Waals surface area contributed by atoms with Crippen molar-refractivity contribution in [1.29, 1.82) is 0 Å². The first kappa shape index (κ1) is 31.4. The van der Waals surface area contributed by atoms with Crippen LogP contribution in [0, 0.1) is 0 Å². The summed E-state index contributed by atoms with van der Waals surface area (Å²) in [5.41, 5.74) is 10.3. The molecule has 0 spiro atoms. The Morgan fingerprint density at radius 3 is 2.71 bits per heavy atom. The van der Waals surface area contributed by atoms with Crippen LogP contribution in [0.2, 0.25) is 0 Å². The van der Waals surface area contributed by atoms with Crippen molar-refractivity contribution in [2.45, 2.75) is 85.0 Å². The summed E-state index contributed by atoms with van der Waals surface area (Å²) in [7, 11) is 0. The SMILES string of the molecule is CCNC/C=C(C)/C=C/C(C)=C/C1Cc2nc(cs2)CCC(N)CC(=O)OC(C)C/C(C)=C/C=C\C(=O)O1. The van der Waals surface area contributed by atoms with E-state index >= 15 is 0 Å². The molecule has 208 valence electrons. The van der Waals surface area contributed by atoms with E-state index in [2.05, 4.69) is 31.3 Å². The third-order valence-electron chi connectivity index (χ3n) is 5.87. The molecule has 1 aromatic heterocycles. The van der Waals surface area contributed by atoms with Crippen LogP contribution < -0.4 is 11.1 Å². The van der Waals surface area contributed by atoms with Gasteiger partial charge in [0.05, 0.1) is 17.1 Å². The highest BCUT2D eigenvalue weighted by Gasteiger charge is 2.17. The summed E-state index contributed by atoms with van der Waals surface area (Å²) in [5.74, 6) is -0.717. The first-order valence-corrected chi connectivity index (χ1v) is 14.2. The van der Waals surface area contributed by atoms with Crippen LogP contribution in [0.15, 0.2) is 64.6 Å². The van der Waals surface area contributed by atoms with Crippen LogP contribution in [-0.4, -0.2) is 48.3 Å². The van der Waals surface area contributed by atoms with E-state index in [1.54, 1.807) is 6.08 Å². The van der Waals surface area contributed by atoms with Crippen molar-refractivity contribution in [1.82, 2.24) is 10.3 Å². The molecule has 1 aromatic rings. The van der Waals surface area contributed by atoms with E-state index in [9.17, 15) is 9.59 Å². The minimum Gasteiger partial charge on any atom is -0.462 e. The van der Waals surface area contributed by atoms with E-state index in [-0.39, 0.29) is 24.5 Å². The van der Waals surface area contributed by atoms with Crippen molar-refractivity contribution in [2.75, 3.05) is 13.1 Å². The lowest BCUT2D eigenvalue weighted by Gasteiger charge is -2.15. The molecule has 0 amide bonds. The van der Waals surface area contributed by atoms with E-state index in [0.29, 0.717) is 25.7 Å². The number of carbonyl (C=O) groups excluding carboxylic acids is 2. The number of aryl methyl sites for hydroxylation is 1. The number of esters is 2. The number of hydrogen-bond donors (Lipinski definition) is 2. The number of nitrogens with two attached hydrogens (primary N) is 1. The van der Waals surface area contributed by atoms with E-state index in [0.717, 1.165) is 40.5 Å². The number of thiazole rings is 1. The summed E-state index contributed by atoms with van der Waals surface area (Å²) in [6, 6.07) is -0.289. The molecular weight excluding hydrogens is 498 g/mol. The minimum absolute atomic E-state index is 0.176. The maximum atomic E-state index is 12.6. The van der Waals surface area contributed by atoms with Gasteiger partial charge in [-0.1, -0.05) is 54.0 Å². The lowest BCUT2D eigenvalue weighted by atomic mass is 10.1. The summed E-state index contributed by atoms with van der Waals surface area (Å²) in [6.07, 6.45) is 14.9. The number of rotatable bonds is 6. The smallest absolute Gasteiger partial charge is 0.331 e. The minimum atomic E-state index is -0.456. The fraction of sp³-hybridized carbons (Fsp3) is 0.500. The highest BCUT2D eigenvalue weighted by Crippen LogP contribution is 2.18. The van der Waals surface area contributed by atoms with E-state index in [4.69, 9.17) is 20.2 Å². The van der Waals surface area contributed by atoms with Crippen LogP contribution in [0.1, 0.15) is 64.6 Å². The van der Waals surface area contributed by atoms with E-state index < -0.39 is 12.1 Å². The van der Waals surface area contributed by atoms with Crippen molar-refractivity contribution in [3.8, 4) is 0 Å². The lowest BCUT2D eigenvalue weighted by Crippen LogP contribution is -2.27. The molecule has 2 rings (SSSR count). The van der Waals surface area contributed by atoms with Crippen LogP contribution >= 0.6 is 11.3 Å². The molecule has 3 N–H and O–H groups in total. The molecular formula is C30H43N3O4S. The van der Waals surface area contributed by atoms with Gasteiger partial charge in [-0.15, -0.1) is 11.3 Å². The van der Waals surface area contributed by atoms with Crippen molar-refractivity contribution in [2.24, 2.45) is 5.73 Å². The Balaban J connectivity index is 2.23. The standard InChI is InChI=1S/C30H43N3O4S/c1-6-32-15-14-21(2)10-11-23(4)17-27-19-28-33-26(20-38-28)13-12-25(31)18-30(35)36-24(5)16-22(3)8-7-9-29(34)37-27/h7-11,14,17,20,24-25,27,32H,6,12-13,15-16,18-19,31H2,1-5H3/b9-7-,11-10+,21-14+,22-8+,23-17+. The molecule has 3 atom stereocenters. The molecule has 7 nitrogen and oxygen atoms in total. The highest BCUT2D eigenvalue weighted by atomic mass is 32.1. The topological polar surface area (TPSA) is 104 Å². The van der Waals surface area contributed by atoms with Gasteiger partial charge in [0.25, 0.3) is 0 Å². The van der Waals surface area contributed by atoms with Gasteiger partial charge in [0.2, 0.25) is 0 Å².